The highest BCUT2D eigenvalue weighted by molar-refractivity contribution is 7.21. The van der Waals surface area contributed by atoms with Crippen LogP contribution in [0.2, 0.25) is 5.02 Å². The van der Waals surface area contributed by atoms with Crippen LogP contribution < -0.4 is 5.73 Å². The highest BCUT2D eigenvalue weighted by atomic mass is 35.5. The first-order valence-electron chi connectivity index (χ1n) is 5.00. The van der Waals surface area contributed by atoms with Gasteiger partial charge in [0.2, 0.25) is 0 Å². The molecule has 0 aliphatic heterocycles. The van der Waals surface area contributed by atoms with Crippen LogP contribution >= 0.6 is 22.9 Å². The fraction of sp³-hybridized carbons (Fsp3) is 0. The quantitative estimate of drug-likeness (QED) is 0.681. The van der Waals surface area contributed by atoms with Crippen LogP contribution in [0.4, 0.5) is 5.69 Å². The van der Waals surface area contributed by atoms with E-state index in [0.29, 0.717) is 10.7 Å². The van der Waals surface area contributed by atoms with E-state index in [9.17, 15) is 0 Å². The van der Waals surface area contributed by atoms with E-state index in [0.717, 1.165) is 20.8 Å². The molecule has 0 saturated carbocycles. The second-order valence-corrected chi connectivity index (χ2v) is 5.04. The lowest BCUT2D eigenvalue weighted by molar-refractivity contribution is 1.34. The Balaban J connectivity index is 2.17. The van der Waals surface area contributed by atoms with Crippen LogP contribution in [0.15, 0.2) is 36.7 Å². The number of fused-ring (bicyclic) bond motifs is 1. The number of halogens is 1. The Kier molecular flexibility index (Phi) is 2.46. The van der Waals surface area contributed by atoms with Crippen molar-refractivity contribution >= 4 is 38.8 Å². The monoisotopic (exact) mass is 261 g/mol. The van der Waals surface area contributed by atoms with Gasteiger partial charge in [0.15, 0.2) is 0 Å². The first kappa shape index (κ1) is 10.5. The van der Waals surface area contributed by atoms with E-state index >= 15 is 0 Å². The lowest BCUT2D eigenvalue weighted by Gasteiger charge is -2.00. The molecule has 17 heavy (non-hydrogen) atoms. The number of nitrogens with zero attached hydrogens (tertiary/aromatic N) is 2. The highest BCUT2D eigenvalue weighted by Crippen LogP contribution is 2.32. The number of rotatable bonds is 1. The number of aromatic nitrogens is 2. The summed E-state index contributed by atoms with van der Waals surface area (Å²) in [4.78, 5) is 8.56. The molecular weight excluding hydrogens is 254 g/mol. The second kappa shape index (κ2) is 3.98. The van der Waals surface area contributed by atoms with Gasteiger partial charge >= 0.3 is 0 Å². The van der Waals surface area contributed by atoms with Gasteiger partial charge in [-0.25, -0.2) is 4.98 Å². The first-order valence-corrected chi connectivity index (χ1v) is 6.19. The SMILES string of the molecule is Nc1cc(-c2nc3cnccc3s2)ccc1Cl. The molecule has 0 bridgehead atoms. The van der Waals surface area contributed by atoms with Crippen molar-refractivity contribution in [3.05, 3.63) is 41.7 Å². The lowest BCUT2D eigenvalue weighted by atomic mass is 10.2. The minimum atomic E-state index is 0.566. The van der Waals surface area contributed by atoms with Gasteiger partial charge < -0.3 is 5.73 Å². The molecule has 0 aliphatic carbocycles. The highest BCUT2D eigenvalue weighted by Gasteiger charge is 2.07. The zero-order valence-corrected chi connectivity index (χ0v) is 10.3. The van der Waals surface area contributed by atoms with Crippen LogP contribution in [0.5, 0.6) is 0 Å². The molecule has 2 aromatic heterocycles. The smallest absolute Gasteiger partial charge is 0.124 e. The number of hydrogen-bond donors (Lipinski definition) is 1. The van der Waals surface area contributed by atoms with Gasteiger partial charge in [-0.05, 0) is 18.2 Å². The predicted octanol–water partition coefficient (Wildman–Crippen LogP) is 3.59. The Bertz CT molecular complexity index is 660. The molecule has 3 aromatic rings. The topological polar surface area (TPSA) is 51.8 Å². The summed E-state index contributed by atoms with van der Waals surface area (Å²) in [6.07, 6.45) is 3.52. The summed E-state index contributed by atoms with van der Waals surface area (Å²) in [6.45, 7) is 0. The Morgan fingerprint density at radius 3 is 2.88 bits per heavy atom. The van der Waals surface area contributed by atoms with Gasteiger partial charge in [0, 0.05) is 11.8 Å². The molecule has 3 nitrogen and oxygen atoms in total. The third-order valence-corrected chi connectivity index (χ3v) is 3.86. The molecular formula is C12H8ClN3S. The maximum Gasteiger partial charge on any atom is 0.124 e. The molecule has 1 aromatic carbocycles. The van der Waals surface area contributed by atoms with Crippen LogP contribution in [0.1, 0.15) is 0 Å². The molecule has 2 N–H and O–H groups in total. The van der Waals surface area contributed by atoms with Crippen molar-refractivity contribution in [2.75, 3.05) is 5.73 Å². The normalized spacial score (nSPS) is 10.9. The maximum atomic E-state index is 5.89. The summed E-state index contributed by atoms with van der Waals surface area (Å²) in [6, 6.07) is 7.50. The molecule has 0 unspecified atom stereocenters. The molecule has 3 rings (SSSR count). The van der Waals surface area contributed by atoms with Crippen LogP contribution in [-0.4, -0.2) is 9.97 Å². The zero-order chi connectivity index (χ0) is 11.8. The molecule has 0 fully saturated rings. The Morgan fingerprint density at radius 2 is 2.12 bits per heavy atom. The predicted molar refractivity (Wildman–Crippen MR) is 72.3 cm³/mol. The van der Waals surface area contributed by atoms with Crippen molar-refractivity contribution < 1.29 is 0 Å². The van der Waals surface area contributed by atoms with Crippen LogP contribution in [0, 0.1) is 0 Å². The van der Waals surface area contributed by atoms with Crippen molar-refractivity contribution in [3.8, 4) is 10.6 Å². The molecule has 84 valence electrons. The van der Waals surface area contributed by atoms with E-state index in [1.54, 1.807) is 29.8 Å². The summed E-state index contributed by atoms with van der Waals surface area (Å²) in [7, 11) is 0. The van der Waals surface area contributed by atoms with E-state index in [-0.39, 0.29) is 0 Å². The Hall–Kier alpha value is -1.65. The summed E-state index contributed by atoms with van der Waals surface area (Å²) in [5.74, 6) is 0. The van der Waals surface area contributed by atoms with Gasteiger partial charge in [-0.15, -0.1) is 11.3 Å². The van der Waals surface area contributed by atoms with E-state index < -0.39 is 0 Å². The summed E-state index contributed by atoms with van der Waals surface area (Å²) >= 11 is 7.51. The zero-order valence-electron chi connectivity index (χ0n) is 8.72. The van der Waals surface area contributed by atoms with Gasteiger partial charge in [0.25, 0.3) is 0 Å². The summed E-state index contributed by atoms with van der Waals surface area (Å²) in [5.41, 5.74) is 8.24. The Labute approximate surface area is 107 Å². The van der Waals surface area contributed by atoms with Gasteiger partial charge in [-0.1, -0.05) is 17.7 Å². The molecule has 2 heterocycles. The molecule has 0 saturated heterocycles. The Morgan fingerprint density at radius 1 is 1.24 bits per heavy atom. The third kappa shape index (κ3) is 1.85. The average Bonchev–Trinajstić information content (AvgIpc) is 2.76. The van der Waals surface area contributed by atoms with Crippen LogP contribution in [-0.2, 0) is 0 Å². The molecule has 0 spiro atoms. The average molecular weight is 262 g/mol. The fourth-order valence-electron chi connectivity index (χ4n) is 1.58. The van der Waals surface area contributed by atoms with E-state index in [1.807, 2.05) is 18.2 Å². The van der Waals surface area contributed by atoms with E-state index in [4.69, 9.17) is 17.3 Å². The minimum absolute atomic E-state index is 0.566. The van der Waals surface area contributed by atoms with Crippen LogP contribution in [0.25, 0.3) is 20.8 Å². The van der Waals surface area contributed by atoms with Gasteiger partial charge in [-0.2, -0.15) is 0 Å². The van der Waals surface area contributed by atoms with Crippen molar-refractivity contribution in [2.24, 2.45) is 0 Å². The lowest BCUT2D eigenvalue weighted by Crippen LogP contribution is -1.86. The van der Waals surface area contributed by atoms with Crippen LogP contribution in [0.3, 0.4) is 0 Å². The standard InChI is InChI=1S/C12H8ClN3S/c13-8-2-1-7(5-9(8)14)12-16-10-6-15-4-3-11(10)17-12/h1-6H,14H2. The largest absolute Gasteiger partial charge is 0.398 e. The maximum absolute atomic E-state index is 5.89. The van der Waals surface area contributed by atoms with E-state index in [1.165, 1.54) is 0 Å². The minimum Gasteiger partial charge on any atom is -0.398 e. The molecule has 5 heteroatoms. The number of hydrogen-bond acceptors (Lipinski definition) is 4. The van der Waals surface area contributed by atoms with Gasteiger partial charge in [0.05, 0.1) is 21.6 Å². The van der Waals surface area contributed by atoms with Gasteiger partial charge in [0.1, 0.15) is 10.5 Å². The number of benzene rings is 1. The molecule has 0 amide bonds. The third-order valence-electron chi connectivity index (χ3n) is 2.43. The summed E-state index contributed by atoms with van der Waals surface area (Å²) < 4.78 is 1.11. The second-order valence-electron chi connectivity index (χ2n) is 3.60. The van der Waals surface area contributed by atoms with Gasteiger partial charge in [-0.3, -0.25) is 4.98 Å². The van der Waals surface area contributed by atoms with Crippen molar-refractivity contribution in [1.82, 2.24) is 9.97 Å². The number of anilines is 1. The van der Waals surface area contributed by atoms with E-state index in [2.05, 4.69) is 9.97 Å². The van der Waals surface area contributed by atoms with Crippen molar-refractivity contribution in [3.63, 3.8) is 0 Å². The molecule has 0 aliphatic rings. The number of nitrogens with two attached hydrogens (primary N) is 1. The fourth-order valence-corrected chi connectivity index (χ4v) is 2.63. The number of pyridine rings is 1. The summed E-state index contributed by atoms with van der Waals surface area (Å²) in [5, 5.41) is 1.49. The molecule has 0 radical (unpaired) electrons. The van der Waals surface area contributed by atoms with Crippen molar-refractivity contribution in [2.45, 2.75) is 0 Å². The number of nitrogen functional groups attached to an aromatic ring is 1. The van der Waals surface area contributed by atoms with Crippen molar-refractivity contribution in [1.29, 1.82) is 0 Å². The molecule has 0 atom stereocenters. The number of thiazole rings is 1. The first-order chi connectivity index (χ1) is 8.24.